The summed E-state index contributed by atoms with van der Waals surface area (Å²) >= 11 is 0. The highest BCUT2D eigenvalue weighted by Crippen LogP contribution is 2.27. The lowest BCUT2D eigenvalue weighted by Gasteiger charge is -2.20. The van der Waals surface area contributed by atoms with Crippen molar-refractivity contribution >= 4 is 0 Å². The number of benzene rings is 2. The quantitative estimate of drug-likeness (QED) is 0.819. The number of nitrogens with zero attached hydrogens (tertiary/aromatic N) is 2. The maximum absolute atomic E-state index is 2.24. The smallest absolute Gasteiger partial charge is 0.0237 e. The first-order valence-corrected chi connectivity index (χ1v) is 7.03. The Balaban J connectivity index is 2.50. The summed E-state index contributed by atoms with van der Waals surface area (Å²) in [7, 11) is 8.49. The summed E-state index contributed by atoms with van der Waals surface area (Å²) in [5, 5.41) is 0. The maximum Gasteiger partial charge on any atom is 0.0237 e. The van der Waals surface area contributed by atoms with Crippen LogP contribution in [0.4, 0.5) is 0 Å². The van der Waals surface area contributed by atoms with Crippen molar-refractivity contribution in [3.63, 3.8) is 0 Å². The fourth-order valence-corrected chi connectivity index (χ4v) is 2.51. The summed E-state index contributed by atoms with van der Waals surface area (Å²) in [4.78, 5) is 4.46. The molecule has 20 heavy (non-hydrogen) atoms. The van der Waals surface area contributed by atoms with Gasteiger partial charge in [0.25, 0.3) is 0 Å². The molecule has 0 bridgehead atoms. The van der Waals surface area contributed by atoms with Crippen molar-refractivity contribution in [1.82, 2.24) is 9.80 Å². The lowest BCUT2D eigenvalue weighted by molar-refractivity contribution is 0.381. The highest BCUT2D eigenvalue weighted by molar-refractivity contribution is 5.68. The highest BCUT2D eigenvalue weighted by atomic mass is 15.1. The minimum Gasteiger partial charge on any atom is -0.305 e. The van der Waals surface area contributed by atoms with E-state index in [1.54, 1.807) is 0 Å². The second kappa shape index (κ2) is 6.69. The van der Waals surface area contributed by atoms with Gasteiger partial charge in [-0.25, -0.2) is 0 Å². The van der Waals surface area contributed by atoms with Gasteiger partial charge in [-0.1, -0.05) is 48.5 Å². The van der Waals surface area contributed by atoms with Crippen molar-refractivity contribution in [3.05, 3.63) is 59.7 Å². The van der Waals surface area contributed by atoms with Crippen LogP contribution >= 0.6 is 0 Å². The molecule has 2 aromatic carbocycles. The summed E-state index contributed by atoms with van der Waals surface area (Å²) in [5.74, 6) is 0. The van der Waals surface area contributed by atoms with Crippen LogP contribution in [-0.4, -0.2) is 38.0 Å². The molecule has 0 N–H and O–H groups in total. The van der Waals surface area contributed by atoms with Gasteiger partial charge in [-0.2, -0.15) is 0 Å². The molecule has 0 fully saturated rings. The van der Waals surface area contributed by atoms with E-state index in [9.17, 15) is 0 Å². The summed E-state index contributed by atoms with van der Waals surface area (Å²) in [6.07, 6.45) is 0. The van der Waals surface area contributed by atoms with E-state index in [4.69, 9.17) is 0 Å². The zero-order chi connectivity index (χ0) is 14.5. The third-order valence-electron chi connectivity index (χ3n) is 3.32. The van der Waals surface area contributed by atoms with Gasteiger partial charge in [-0.15, -0.1) is 0 Å². The molecule has 106 valence electrons. The Hall–Kier alpha value is -1.64. The van der Waals surface area contributed by atoms with Crippen LogP contribution in [0, 0.1) is 0 Å². The molecule has 2 rings (SSSR count). The van der Waals surface area contributed by atoms with Gasteiger partial charge in [-0.05, 0) is 50.4 Å². The van der Waals surface area contributed by atoms with Crippen LogP contribution < -0.4 is 0 Å². The Labute approximate surface area is 122 Å². The Kier molecular flexibility index (Phi) is 4.94. The normalized spacial score (nSPS) is 11.3. The minimum atomic E-state index is 0.967. The third-order valence-corrected chi connectivity index (χ3v) is 3.32. The Morgan fingerprint density at radius 1 is 0.700 bits per heavy atom. The standard InChI is InChI=1S/C18H24N2/c1-19(2)13-16-11-8-12-17(18(16)14-20(3)4)15-9-6-5-7-10-15/h5-12H,13-14H2,1-4H3. The Bertz CT molecular complexity index is 545. The van der Waals surface area contributed by atoms with Crippen LogP contribution in [0.2, 0.25) is 0 Å². The minimum absolute atomic E-state index is 0.967. The van der Waals surface area contributed by atoms with Gasteiger partial charge in [0.1, 0.15) is 0 Å². The second-order valence-electron chi connectivity index (χ2n) is 5.78. The van der Waals surface area contributed by atoms with E-state index < -0.39 is 0 Å². The fraction of sp³-hybridized carbons (Fsp3) is 0.333. The summed E-state index contributed by atoms with van der Waals surface area (Å²) in [6.45, 7) is 1.94. The highest BCUT2D eigenvalue weighted by Gasteiger charge is 2.11. The molecule has 0 atom stereocenters. The molecule has 0 unspecified atom stereocenters. The molecular weight excluding hydrogens is 244 g/mol. The first kappa shape index (κ1) is 14.8. The largest absolute Gasteiger partial charge is 0.305 e. The molecule has 0 spiro atoms. The number of hydrogen-bond donors (Lipinski definition) is 0. The lowest BCUT2D eigenvalue weighted by atomic mass is 9.95. The van der Waals surface area contributed by atoms with Gasteiger partial charge in [0.15, 0.2) is 0 Å². The zero-order valence-electron chi connectivity index (χ0n) is 12.9. The lowest BCUT2D eigenvalue weighted by Crippen LogP contribution is -2.17. The molecule has 0 amide bonds. The molecule has 0 aliphatic carbocycles. The molecule has 0 aliphatic rings. The van der Waals surface area contributed by atoms with Crippen LogP contribution in [0.3, 0.4) is 0 Å². The van der Waals surface area contributed by atoms with Crippen molar-refractivity contribution in [2.45, 2.75) is 13.1 Å². The van der Waals surface area contributed by atoms with Gasteiger partial charge < -0.3 is 9.80 Å². The second-order valence-corrected chi connectivity index (χ2v) is 5.78. The first-order chi connectivity index (χ1) is 9.58. The van der Waals surface area contributed by atoms with E-state index in [0.29, 0.717) is 0 Å². The molecular formula is C18H24N2. The van der Waals surface area contributed by atoms with Gasteiger partial charge >= 0.3 is 0 Å². The summed E-state index contributed by atoms with van der Waals surface area (Å²) in [6, 6.07) is 17.3. The number of rotatable bonds is 5. The van der Waals surface area contributed by atoms with E-state index in [-0.39, 0.29) is 0 Å². The zero-order valence-corrected chi connectivity index (χ0v) is 12.9. The average Bonchev–Trinajstić information content (AvgIpc) is 2.40. The van der Waals surface area contributed by atoms with Gasteiger partial charge in [0.2, 0.25) is 0 Å². The molecule has 0 heterocycles. The summed E-state index contributed by atoms with van der Waals surface area (Å²) in [5.41, 5.74) is 5.48. The van der Waals surface area contributed by atoms with Gasteiger partial charge in [0.05, 0.1) is 0 Å². The van der Waals surface area contributed by atoms with Crippen molar-refractivity contribution in [2.24, 2.45) is 0 Å². The molecule has 0 saturated carbocycles. The first-order valence-electron chi connectivity index (χ1n) is 7.03. The average molecular weight is 268 g/mol. The van der Waals surface area contributed by atoms with Gasteiger partial charge in [0, 0.05) is 13.1 Å². The third kappa shape index (κ3) is 3.69. The molecule has 0 aliphatic heterocycles. The van der Waals surface area contributed by atoms with E-state index in [1.807, 2.05) is 0 Å². The van der Waals surface area contributed by atoms with E-state index >= 15 is 0 Å². The van der Waals surface area contributed by atoms with Crippen molar-refractivity contribution in [3.8, 4) is 11.1 Å². The van der Waals surface area contributed by atoms with Crippen LogP contribution in [0.5, 0.6) is 0 Å². The molecule has 0 radical (unpaired) electrons. The molecule has 0 saturated heterocycles. The maximum atomic E-state index is 2.24. The van der Waals surface area contributed by atoms with Crippen LogP contribution in [0.15, 0.2) is 48.5 Å². The Morgan fingerprint density at radius 2 is 1.35 bits per heavy atom. The van der Waals surface area contributed by atoms with Crippen molar-refractivity contribution in [1.29, 1.82) is 0 Å². The van der Waals surface area contributed by atoms with Crippen molar-refractivity contribution < 1.29 is 0 Å². The molecule has 2 aromatic rings. The molecule has 0 aromatic heterocycles. The van der Waals surface area contributed by atoms with Crippen LogP contribution in [-0.2, 0) is 13.1 Å². The van der Waals surface area contributed by atoms with E-state index in [2.05, 4.69) is 86.5 Å². The van der Waals surface area contributed by atoms with Crippen molar-refractivity contribution in [2.75, 3.05) is 28.2 Å². The topological polar surface area (TPSA) is 6.48 Å². The monoisotopic (exact) mass is 268 g/mol. The fourth-order valence-electron chi connectivity index (χ4n) is 2.51. The predicted octanol–water partition coefficient (Wildman–Crippen LogP) is 3.48. The molecule has 2 heteroatoms. The SMILES string of the molecule is CN(C)Cc1cccc(-c2ccccc2)c1CN(C)C. The van der Waals surface area contributed by atoms with E-state index in [0.717, 1.165) is 13.1 Å². The summed E-state index contributed by atoms with van der Waals surface area (Å²) < 4.78 is 0. The van der Waals surface area contributed by atoms with E-state index in [1.165, 1.54) is 22.3 Å². The number of hydrogen-bond acceptors (Lipinski definition) is 2. The Morgan fingerprint density at radius 3 is 1.95 bits per heavy atom. The van der Waals surface area contributed by atoms with Crippen LogP contribution in [0.1, 0.15) is 11.1 Å². The predicted molar refractivity (Wildman–Crippen MR) is 86.7 cm³/mol. The van der Waals surface area contributed by atoms with Crippen LogP contribution in [0.25, 0.3) is 11.1 Å². The van der Waals surface area contributed by atoms with Gasteiger partial charge in [-0.3, -0.25) is 0 Å². The molecule has 2 nitrogen and oxygen atoms in total.